The van der Waals surface area contributed by atoms with Gasteiger partial charge >= 0.3 is 0 Å². The highest BCUT2D eigenvalue weighted by atomic mass is 32.1. The van der Waals surface area contributed by atoms with E-state index in [1.54, 1.807) is 22.2 Å². The number of carbonyl (C=O) groups is 1. The molecule has 1 saturated heterocycles. The molecule has 1 unspecified atom stereocenters. The molecule has 5 rings (SSSR count). The largest absolute Gasteiger partial charge is 0.346 e. The standard InChI is InChI=1S/C20H22N8O2.H2S/c1-13-22-20(25-30-13)27-7-3-4-15(12-27)23-19(29)17-11-21-18-10-14(5-9-28(17)18)16-6-8-26(2)24-16;/h5-6,8-11,15H,3-4,7,12H2,1-2H3,(H,23,29);1H2. The van der Waals surface area contributed by atoms with Crippen molar-refractivity contribution in [2.45, 2.75) is 25.8 Å². The predicted molar refractivity (Wildman–Crippen MR) is 120 cm³/mol. The number of nitrogens with zero attached hydrogens (tertiary/aromatic N) is 7. The van der Waals surface area contributed by atoms with Crippen molar-refractivity contribution in [1.82, 2.24) is 34.6 Å². The third-order valence-electron chi connectivity index (χ3n) is 5.31. The minimum atomic E-state index is -0.149. The lowest BCUT2D eigenvalue weighted by atomic mass is 10.1. The summed E-state index contributed by atoms with van der Waals surface area (Å²) in [6, 6.07) is 5.82. The van der Waals surface area contributed by atoms with Crippen molar-refractivity contribution >= 4 is 31.0 Å². The Morgan fingerprint density at radius 3 is 2.90 bits per heavy atom. The zero-order valence-electron chi connectivity index (χ0n) is 17.3. The van der Waals surface area contributed by atoms with Crippen molar-refractivity contribution in [2.75, 3.05) is 18.0 Å². The Hall–Kier alpha value is -3.34. The summed E-state index contributed by atoms with van der Waals surface area (Å²) in [5, 5.41) is 11.5. The molecule has 0 radical (unpaired) electrons. The maximum Gasteiger partial charge on any atom is 0.270 e. The van der Waals surface area contributed by atoms with Gasteiger partial charge in [0.25, 0.3) is 11.9 Å². The number of hydrogen-bond acceptors (Lipinski definition) is 7. The number of imidazole rings is 1. The van der Waals surface area contributed by atoms with Gasteiger partial charge in [0.1, 0.15) is 11.3 Å². The first-order valence-corrected chi connectivity index (χ1v) is 9.90. The number of rotatable bonds is 4. The van der Waals surface area contributed by atoms with Gasteiger partial charge in [-0.25, -0.2) is 4.98 Å². The van der Waals surface area contributed by atoms with Crippen LogP contribution in [0.25, 0.3) is 16.9 Å². The second kappa shape index (κ2) is 8.42. The van der Waals surface area contributed by atoms with Gasteiger partial charge in [-0.3, -0.25) is 13.9 Å². The molecule has 1 atom stereocenters. The number of anilines is 1. The van der Waals surface area contributed by atoms with Crippen LogP contribution in [0.15, 0.2) is 41.3 Å². The summed E-state index contributed by atoms with van der Waals surface area (Å²) in [5.74, 6) is 0.958. The number of pyridine rings is 1. The van der Waals surface area contributed by atoms with Gasteiger partial charge in [-0.1, -0.05) is 0 Å². The molecule has 0 aliphatic carbocycles. The Balaban J connectivity index is 0.00000231. The molecule has 11 heteroatoms. The van der Waals surface area contributed by atoms with E-state index >= 15 is 0 Å². The summed E-state index contributed by atoms with van der Waals surface area (Å²) >= 11 is 0. The number of fused-ring (bicyclic) bond motifs is 1. The van der Waals surface area contributed by atoms with Crippen LogP contribution in [0.1, 0.15) is 29.2 Å². The van der Waals surface area contributed by atoms with E-state index in [0.29, 0.717) is 29.7 Å². The van der Waals surface area contributed by atoms with Gasteiger partial charge in [0.2, 0.25) is 5.89 Å². The number of aromatic nitrogens is 6. The van der Waals surface area contributed by atoms with Crippen molar-refractivity contribution in [1.29, 1.82) is 0 Å². The fourth-order valence-corrected chi connectivity index (χ4v) is 3.83. The van der Waals surface area contributed by atoms with Gasteiger partial charge in [0.15, 0.2) is 0 Å². The van der Waals surface area contributed by atoms with Crippen LogP contribution in [-0.4, -0.2) is 54.3 Å². The number of piperidine rings is 1. The zero-order valence-corrected chi connectivity index (χ0v) is 18.3. The average Bonchev–Trinajstić information content (AvgIpc) is 3.47. The van der Waals surface area contributed by atoms with E-state index in [-0.39, 0.29) is 25.4 Å². The highest BCUT2D eigenvalue weighted by molar-refractivity contribution is 7.59. The van der Waals surface area contributed by atoms with Crippen LogP contribution in [-0.2, 0) is 7.05 Å². The lowest BCUT2D eigenvalue weighted by Crippen LogP contribution is -2.48. The second-order valence-electron chi connectivity index (χ2n) is 7.53. The molecule has 162 valence electrons. The molecule has 0 spiro atoms. The van der Waals surface area contributed by atoms with Crippen molar-refractivity contribution in [2.24, 2.45) is 7.05 Å². The summed E-state index contributed by atoms with van der Waals surface area (Å²) < 4.78 is 8.63. The molecular weight excluding hydrogens is 416 g/mol. The molecule has 1 fully saturated rings. The quantitative estimate of drug-likeness (QED) is 0.517. The first-order valence-electron chi connectivity index (χ1n) is 9.90. The molecule has 1 aliphatic heterocycles. The summed E-state index contributed by atoms with van der Waals surface area (Å²) in [7, 11) is 1.88. The van der Waals surface area contributed by atoms with Gasteiger partial charge in [0.05, 0.1) is 11.9 Å². The highest BCUT2D eigenvalue weighted by Gasteiger charge is 2.25. The van der Waals surface area contributed by atoms with Gasteiger partial charge in [0, 0.05) is 51.1 Å². The molecule has 4 aromatic rings. The van der Waals surface area contributed by atoms with E-state index in [0.717, 1.165) is 30.6 Å². The van der Waals surface area contributed by atoms with Crippen molar-refractivity contribution < 1.29 is 9.32 Å². The smallest absolute Gasteiger partial charge is 0.270 e. The van der Waals surface area contributed by atoms with Crippen LogP contribution in [0, 0.1) is 6.92 Å². The van der Waals surface area contributed by atoms with Gasteiger partial charge in [-0.15, -0.1) is 0 Å². The Kier molecular flexibility index (Phi) is 5.68. The number of aryl methyl sites for hydroxylation is 2. The first-order chi connectivity index (χ1) is 14.6. The van der Waals surface area contributed by atoms with E-state index in [1.165, 1.54) is 0 Å². The Morgan fingerprint density at radius 2 is 2.16 bits per heavy atom. The first kappa shape index (κ1) is 20.9. The molecular formula is C20H24N8O2S. The third kappa shape index (κ3) is 4.13. The number of nitrogens with one attached hydrogen (secondary N) is 1. The van der Waals surface area contributed by atoms with Gasteiger partial charge in [-0.05, 0) is 36.2 Å². The highest BCUT2D eigenvalue weighted by Crippen LogP contribution is 2.20. The Bertz CT molecular complexity index is 1210. The third-order valence-corrected chi connectivity index (χ3v) is 5.31. The van der Waals surface area contributed by atoms with Crippen LogP contribution in [0.3, 0.4) is 0 Å². The van der Waals surface area contributed by atoms with Crippen LogP contribution in [0.4, 0.5) is 5.95 Å². The fourth-order valence-electron chi connectivity index (χ4n) is 3.83. The van der Waals surface area contributed by atoms with Crippen molar-refractivity contribution in [3.63, 3.8) is 0 Å². The molecule has 1 aliphatic rings. The van der Waals surface area contributed by atoms with E-state index in [1.807, 2.05) is 42.5 Å². The van der Waals surface area contributed by atoms with Crippen LogP contribution in [0.2, 0.25) is 0 Å². The molecule has 31 heavy (non-hydrogen) atoms. The normalized spacial score (nSPS) is 16.3. The molecule has 0 bridgehead atoms. The van der Waals surface area contributed by atoms with E-state index < -0.39 is 0 Å². The molecule has 1 amide bonds. The monoisotopic (exact) mass is 440 g/mol. The van der Waals surface area contributed by atoms with Crippen LogP contribution >= 0.6 is 13.5 Å². The molecule has 1 N–H and O–H groups in total. The molecule has 10 nitrogen and oxygen atoms in total. The summed E-state index contributed by atoms with van der Waals surface area (Å²) in [6.07, 6.45) is 7.21. The summed E-state index contributed by atoms with van der Waals surface area (Å²) in [6.45, 7) is 3.26. The Morgan fingerprint density at radius 1 is 1.29 bits per heavy atom. The lowest BCUT2D eigenvalue weighted by Gasteiger charge is -2.32. The van der Waals surface area contributed by atoms with Crippen LogP contribution in [0.5, 0.6) is 0 Å². The number of hydrogen-bond donors (Lipinski definition) is 1. The van der Waals surface area contributed by atoms with E-state index in [2.05, 4.69) is 25.5 Å². The van der Waals surface area contributed by atoms with Crippen LogP contribution < -0.4 is 10.2 Å². The number of carbonyl (C=O) groups excluding carboxylic acids is 1. The lowest BCUT2D eigenvalue weighted by molar-refractivity contribution is 0.0927. The Labute approximate surface area is 185 Å². The minimum Gasteiger partial charge on any atom is -0.346 e. The zero-order chi connectivity index (χ0) is 20.7. The fraction of sp³-hybridized carbons (Fsp3) is 0.350. The molecule has 4 aromatic heterocycles. The van der Waals surface area contributed by atoms with E-state index in [4.69, 9.17) is 4.52 Å². The van der Waals surface area contributed by atoms with Crippen molar-refractivity contribution in [3.05, 3.63) is 48.4 Å². The summed E-state index contributed by atoms with van der Waals surface area (Å²) in [5.41, 5.74) is 3.04. The van der Waals surface area contributed by atoms with Crippen molar-refractivity contribution in [3.8, 4) is 11.3 Å². The maximum absolute atomic E-state index is 12.9. The molecule has 5 heterocycles. The second-order valence-corrected chi connectivity index (χ2v) is 7.53. The molecule has 0 aromatic carbocycles. The van der Waals surface area contributed by atoms with Gasteiger partial charge in [-0.2, -0.15) is 23.6 Å². The minimum absolute atomic E-state index is 0. The number of amides is 1. The maximum atomic E-state index is 12.9. The topological polar surface area (TPSA) is 106 Å². The summed E-state index contributed by atoms with van der Waals surface area (Å²) in [4.78, 5) is 23.7. The average molecular weight is 441 g/mol. The van der Waals surface area contributed by atoms with Gasteiger partial charge < -0.3 is 14.7 Å². The predicted octanol–water partition coefficient (Wildman–Crippen LogP) is 1.94. The van der Waals surface area contributed by atoms with E-state index in [9.17, 15) is 4.79 Å². The molecule has 0 saturated carbocycles. The SMILES string of the molecule is Cc1nc(N2CCCC(NC(=O)c3cnc4cc(-c5ccn(C)n5)ccn34)C2)no1.S.